The van der Waals surface area contributed by atoms with E-state index in [-0.39, 0.29) is 5.82 Å². The minimum absolute atomic E-state index is 0.171. The molecule has 0 unspecified atom stereocenters. The maximum absolute atomic E-state index is 13.7. The first-order valence-electron chi connectivity index (χ1n) is 8.27. The third kappa shape index (κ3) is 3.30. The van der Waals surface area contributed by atoms with Crippen LogP contribution in [0, 0.1) is 5.82 Å². The van der Waals surface area contributed by atoms with Crippen LogP contribution in [-0.4, -0.2) is 9.97 Å². The molecule has 2 heterocycles. The molecule has 0 radical (unpaired) electrons. The molecule has 0 spiro atoms. The van der Waals surface area contributed by atoms with Crippen molar-refractivity contribution in [3.63, 3.8) is 0 Å². The molecule has 0 saturated heterocycles. The second-order valence-electron chi connectivity index (χ2n) is 5.99. The Kier molecular flexibility index (Phi) is 4.27. The predicted molar refractivity (Wildman–Crippen MR) is 98.5 cm³/mol. The first-order valence-corrected chi connectivity index (χ1v) is 8.27. The van der Waals surface area contributed by atoms with Crippen molar-refractivity contribution >= 4 is 11.0 Å². The third-order valence-corrected chi connectivity index (χ3v) is 4.30. The molecule has 124 valence electrons. The Hall–Kier alpha value is -2.98. The van der Waals surface area contributed by atoms with Gasteiger partial charge < -0.3 is 10.3 Å². The summed E-state index contributed by atoms with van der Waals surface area (Å²) < 4.78 is 13.7. The molecule has 25 heavy (non-hydrogen) atoms. The molecule has 0 bridgehead atoms. The maximum Gasteiger partial charge on any atom is 0.137 e. The lowest BCUT2D eigenvalue weighted by Gasteiger charge is -2.09. The fourth-order valence-electron chi connectivity index (χ4n) is 3.04. The van der Waals surface area contributed by atoms with Crippen molar-refractivity contribution < 1.29 is 4.39 Å². The Balaban J connectivity index is 1.52. The molecular formula is C21H18FN3. The summed E-state index contributed by atoms with van der Waals surface area (Å²) in [6.07, 6.45) is 3.72. The monoisotopic (exact) mass is 331 g/mol. The van der Waals surface area contributed by atoms with Gasteiger partial charge in [0, 0.05) is 36.4 Å². The number of benzene rings is 2. The number of hydrogen-bond acceptors (Lipinski definition) is 2. The summed E-state index contributed by atoms with van der Waals surface area (Å²) in [6.45, 7) is 1.19. The van der Waals surface area contributed by atoms with Crippen molar-refractivity contribution in [3.8, 4) is 11.1 Å². The molecule has 2 aromatic heterocycles. The highest BCUT2D eigenvalue weighted by Gasteiger charge is 2.06. The normalized spacial score (nSPS) is 11.1. The van der Waals surface area contributed by atoms with E-state index in [2.05, 4.69) is 33.5 Å². The summed E-state index contributed by atoms with van der Waals surface area (Å²) >= 11 is 0. The molecule has 2 aromatic carbocycles. The van der Waals surface area contributed by atoms with Gasteiger partial charge in [0.15, 0.2) is 0 Å². The zero-order chi connectivity index (χ0) is 17.1. The number of halogens is 1. The molecule has 0 aliphatic heterocycles. The van der Waals surface area contributed by atoms with E-state index in [0.717, 1.165) is 27.7 Å². The van der Waals surface area contributed by atoms with E-state index in [1.54, 1.807) is 12.1 Å². The Labute approximate surface area is 145 Å². The van der Waals surface area contributed by atoms with Gasteiger partial charge in [0.25, 0.3) is 0 Å². The molecule has 4 heteroatoms. The van der Waals surface area contributed by atoms with Crippen LogP contribution in [0.5, 0.6) is 0 Å². The lowest BCUT2D eigenvalue weighted by molar-refractivity contribution is 0.588. The summed E-state index contributed by atoms with van der Waals surface area (Å²) in [5, 5.41) is 4.42. The van der Waals surface area contributed by atoms with Gasteiger partial charge in [0.05, 0.1) is 0 Å². The fraction of sp³-hybridized carbons (Fsp3) is 0.0952. The van der Waals surface area contributed by atoms with Crippen molar-refractivity contribution in [1.29, 1.82) is 0 Å². The third-order valence-electron chi connectivity index (χ3n) is 4.30. The average Bonchev–Trinajstić information content (AvgIpc) is 3.12. The van der Waals surface area contributed by atoms with Crippen molar-refractivity contribution in [3.05, 3.63) is 90.0 Å². The summed E-state index contributed by atoms with van der Waals surface area (Å²) in [5.74, 6) is -0.171. The standard InChI is InChI=1S/C21H18FN3/c22-20-7-2-1-5-17(20)14-23-13-15-4-3-6-16(12-15)18-8-10-24-21-19(18)9-11-25-21/h1-12,23H,13-14H2,(H,24,25). The zero-order valence-electron chi connectivity index (χ0n) is 13.7. The van der Waals surface area contributed by atoms with Crippen molar-refractivity contribution in [2.45, 2.75) is 13.1 Å². The highest BCUT2D eigenvalue weighted by molar-refractivity contribution is 5.92. The van der Waals surface area contributed by atoms with E-state index < -0.39 is 0 Å². The molecule has 0 atom stereocenters. The van der Waals surface area contributed by atoms with E-state index in [1.165, 1.54) is 6.07 Å². The first kappa shape index (κ1) is 15.5. The molecule has 0 saturated carbocycles. The van der Waals surface area contributed by atoms with Gasteiger partial charge in [-0.3, -0.25) is 0 Å². The SMILES string of the molecule is Fc1ccccc1CNCc1cccc(-c2ccnc3[nH]ccc23)c1. The van der Waals surface area contributed by atoms with Gasteiger partial charge >= 0.3 is 0 Å². The fourth-order valence-corrected chi connectivity index (χ4v) is 3.04. The average molecular weight is 331 g/mol. The number of pyridine rings is 1. The van der Waals surface area contributed by atoms with Crippen LogP contribution in [0.25, 0.3) is 22.2 Å². The summed E-state index contributed by atoms with van der Waals surface area (Å²) in [5.41, 5.74) is 5.04. The van der Waals surface area contributed by atoms with E-state index >= 15 is 0 Å². The second-order valence-corrected chi connectivity index (χ2v) is 5.99. The Morgan fingerprint density at radius 2 is 1.88 bits per heavy atom. The van der Waals surface area contributed by atoms with Gasteiger partial charge in [-0.15, -0.1) is 0 Å². The van der Waals surface area contributed by atoms with Crippen LogP contribution in [0.2, 0.25) is 0 Å². The quantitative estimate of drug-likeness (QED) is 0.558. The van der Waals surface area contributed by atoms with Crippen LogP contribution in [0.3, 0.4) is 0 Å². The topological polar surface area (TPSA) is 40.7 Å². The molecule has 0 amide bonds. The molecular weight excluding hydrogens is 313 g/mol. The van der Waals surface area contributed by atoms with Gasteiger partial charge in [-0.25, -0.2) is 9.37 Å². The van der Waals surface area contributed by atoms with Gasteiger partial charge in [0.2, 0.25) is 0 Å². The number of rotatable bonds is 5. The minimum Gasteiger partial charge on any atom is -0.346 e. The number of aromatic nitrogens is 2. The number of H-pyrrole nitrogens is 1. The van der Waals surface area contributed by atoms with Gasteiger partial charge in [0.1, 0.15) is 11.5 Å². The molecule has 2 N–H and O–H groups in total. The predicted octanol–water partition coefficient (Wildman–Crippen LogP) is 4.66. The second kappa shape index (κ2) is 6.87. The maximum atomic E-state index is 13.7. The van der Waals surface area contributed by atoms with Gasteiger partial charge in [-0.05, 0) is 41.0 Å². The highest BCUT2D eigenvalue weighted by atomic mass is 19.1. The van der Waals surface area contributed by atoms with Gasteiger partial charge in [-0.2, -0.15) is 0 Å². The molecule has 0 aliphatic carbocycles. The molecule has 4 rings (SSSR count). The van der Waals surface area contributed by atoms with E-state index in [4.69, 9.17) is 0 Å². The Bertz CT molecular complexity index is 1010. The number of nitrogens with zero attached hydrogens (tertiary/aromatic N) is 1. The number of nitrogens with one attached hydrogen (secondary N) is 2. The molecule has 4 aromatic rings. The Morgan fingerprint density at radius 1 is 0.960 bits per heavy atom. The molecule has 3 nitrogen and oxygen atoms in total. The number of hydrogen-bond donors (Lipinski definition) is 2. The van der Waals surface area contributed by atoms with E-state index in [0.29, 0.717) is 18.7 Å². The van der Waals surface area contributed by atoms with E-state index in [9.17, 15) is 4.39 Å². The molecule has 0 aliphatic rings. The van der Waals surface area contributed by atoms with Crippen LogP contribution in [0.15, 0.2) is 73.1 Å². The lowest BCUT2D eigenvalue weighted by Crippen LogP contribution is -2.13. The summed E-state index contributed by atoms with van der Waals surface area (Å²) in [6, 6.07) is 19.3. The summed E-state index contributed by atoms with van der Waals surface area (Å²) in [4.78, 5) is 7.48. The van der Waals surface area contributed by atoms with Crippen LogP contribution < -0.4 is 5.32 Å². The van der Waals surface area contributed by atoms with Crippen molar-refractivity contribution in [1.82, 2.24) is 15.3 Å². The van der Waals surface area contributed by atoms with E-state index in [1.807, 2.05) is 36.7 Å². The zero-order valence-corrected chi connectivity index (χ0v) is 13.7. The van der Waals surface area contributed by atoms with Gasteiger partial charge in [-0.1, -0.05) is 36.4 Å². The lowest BCUT2D eigenvalue weighted by atomic mass is 10.0. The molecule has 0 fully saturated rings. The van der Waals surface area contributed by atoms with Crippen LogP contribution >= 0.6 is 0 Å². The summed E-state index contributed by atoms with van der Waals surface area (Å²) in [7, 11) is 0. The Morgan fingerprint density at radius 3 is 2.80 bits per heavy atom. The highest BCUT2D eigenvalue weighted by Crippen LogP contribution is 2.27. The number of fused-ring (bicyclic) bond motifs is 1. The smallest absolute Gasteiger partial charge is 0.137 e. The van der Waals surface area contributed by atoms with Crippen LogP contribution in [0.1, 0.15) is 11.1 Å². The largest absolute Gasteiger partial charge is 0.346 e. The van der Waals surface area contributed by atoms with Crippen LogP contribution in [-0.2, 0) is 13.1 Å². The number of aromatic amines is 1. The minimum atomic E-state index is -0.171. The van der Waals surface area contributed by atoms with Crippen molar-refractivity contribution in [2.75, 3.05) is 0 Å². The van der Waals surface area contributed by atoms with Crippen LogP contribution in [0.4, 0.5) is 4.39 Å². The van der Waals surface area contributed by atoms with Crippen molar-refractivity contribution in [2.24, 2.45) is 0 Å². The first-order chi connectivity index (χ1) is 12.3.